The lowest BCUT2D eigenvalue weighted by Gasteiger charge is -2.04. The van der Waals surface area contributed by atoms with Gasteiger partial charge in [-0.3, -0.25) is 4.79 Å². The van der Waals surface area contributed by atoms with Crippen LogP contribution in [-0.2, 0) is 9.53 Å². The molecule has 0 aliphatic heterocycles. The van der Waals surface area contributed by atoms with Gasteiger partial charge in [-0.2, -0.15) is 0 Å². The minimum atomic E-state index is -2.08. The van der Waals surface area contributed by atoms with Crippen molar-refractivity contribution in [1.82, 2.24) is 0 Å². The number of rotatable bonds is 1. The summed E-state index contributed by atoms with van der Waals surface area (Å²) in [4.78, 5) is 16.2. The van der Waals surface area contributed by atoms with Crippen LogP contribution in [0.1, 0.15) is 0 Å². The maximum Gasteiger partial charge on any atom is 0.336 e. The fraction of sp³-hybridized carbons (Fsp3) is 0.0769. The Labute approximate surface area is 120 Å². The molecule has 1 aromatic rings. The van der Waals surface area contributed by atoms with Gasteiger partial charge in [0.2, 0.25) is 0 Å². The summed E-state index contributed by atoms with van der Waals surface area (Å²) in [5, 5.41) is 5.48. The van der Waals surface area contributed by atoms with Crippen molar-refractivity contribution in [3.8, 4) is 6.07 Å². The van der Waals surface area contributed by atoms with Crippen molar-refractivity contribution in [3.63, 3.8) is 0 Å². The Hall–Kier alpha value is -3.38. The second-order valence-corrected chi connectivity index (χ2v) is 3.53. The Morgan fingerprint density at radius 1 is 1.05 bits per heavy atom. The number of hydrogen-bond donors (Lipinski definition) is 0. The van der Waals surface area contributed by atoms with Crippen molar-refractivity contribution in [2.45, 2.75) is 0 Å². The standard InChI is InChI=1S/C13H3F4N3O2/c1-19-5(4-18)6-8(14)10(16)7(11(17)9(6)15)12(20-2)13(21)22-3/h3H3. The third-order valence-corrected chi connectivity index (χ3v) is 2.45. The van der Waals surface area contributed by atoms with Crippen LogP contribution in [0.5, 0.6) is 0 Å². The molecule has 0 aliphatic rings. The number of carbonyl (C=O) groups excluding carboxylic acids is 1. The minimum Gasteiger partial charge on any atom is -0.474 e. The molecule has 0 radical (unpaired) electrons. The first-order valence-electron chi connectivity index (χ1n) is 5.19. The largest absolute Gasteiger partial charge is 0.474 e. The van der Waals surface area contributed by atoms with Gasteiger partial charge in [0.05, 0.1) is 36.8 Å². The van der Waals surface area contributed by atoms with Crippen molar-refractivity contribution >= 4 is 17.4 Å². The molecule has 0 atom stereocenters. The van der Waals surface area contributed by atoms with E-state index in [2.05, 4.69) is 14.4 Å². The molecule has 0 bridgehead atoms. The predicted octanol–water partition coefficient (Wildman–Crippen LogP) is 0.995. The summed E-state index contributed by atoms with van der Waals surface area (Å²) in [6, 6.07) is 1.09. The second kappa shape index (κ2) is 6.38. The fourth-order valence-corrected chi connectivity index (χ4v) is 1.48. The Morgan fingerprint density at radius 2 is 1.50 bits per heavy atom. The van der Waals surface area contributed by atoms with Crippen molar-refractivity contribution < 1.29 is 27.1 Å². The SMILES string of the molecule is [C-]#[N+]C(C#N)=c1c(F)c(F)c(=C([N+]#[C-])C(=O)OC)c(F)c1F. The molecular weight excluding hydrogens is 306 g/mol. The van der Waals surface area contributed by atoms with Gasteiger partial charge < -0.3 is 4.74 Å². The van der Waals surface area contributed by atoms with Crippen molar-refractivity contribution in [2.24, 2.45) is 0 Å². The number of carbonyl (C=O) groups is 1. The van der Waals surface area contributed by atoms with Gasteiger partial charge in [-0.15, -0.1) is 0 Å². The first kappa shape index (κ1) is 16.7. The molecule has 5 nitrogen and oxygen atoms in total. The van der Waals surface area contributed by atoms with E-state index >= 15 is 0 Å². The van der Waals surface area contributed by atoms with Crippen LogP contribution in [0.25, 0.3) is 21.1 Å². The number of nitrogens with zero attached hydrogens (tertiary/aromatic N) is 3. The van der Waals surface area contributed by atoms with Gasteiger partial charge in [-0.05, 0) is 0 Å². The molecule has 0 unspecified atom stereocenters. The highest BCUT2D eigenvalue weighted by atomic mass is 19.2. The Balaban J connectivity index is 4.29. The average Bonchev–Trinajstić information content (AvgIpc) is 2.52. The van der Waals surface area contributed by atoms with E-state index in [4.69, 9.17) is 18.4 Å². The molecule has 110 valence electrons. The maximum absolute atomic E-state index is 13.9. The molecule has 1 aromatic carbocycles. The molecule has 1 rings (SSSR count). The van der Waals surface area contributed by atoms with Gasteiger partial charge in [0, 0.05) is 0 Å². The smallest absolute Gasteiger partial charge is 0.336 e. The fourth-order valence-electron chi connectivity index (χ4n) is 1.48. The maximum atomic E-state index is 13.9. The minimum absolute atomic E-state index is 0.797. The van der Waals surface area contributed by atoms with Gasteiger partial charge in [0.1, 0.15) is 0 Å². The topological polar surface area (TPSA) is 58.8 Å². The highest BCUT2D eigenvalue weighted by molar-refractivity contribution is 6.12. The molecule has 0 fully saturated rings. The number of esters is 1. The lowest BCUT2D eigenvalue weighted by molar-refractivity contribution is -0.133. The molecular formula is C13H3F4N3O2. The molecule has 0 amide bonds. The number of halogens is 4. The highest BCUT2D eigenvalue weighted by Crippen LogP contribution is 2.09. The van der Waals surface area contributed by atoms with Crippen LogP contribution in [0, 0.1) is 47.7 Å². The third kappa shape index (κ3) is 2.46. The third-order valence-electron chi connectivity index (χ3n) is 2.45. The van der Waals surface area contributed by atoms with Crippen LogP contribution in [0.4, 0.5) is 17.6 Å². The highest BCUT2D eigenvalue weighted by Gasteiger charge is 2.25. The molecule has 22 heavy (non-hydrogen) atoms. The molecule has 0 N–H and O–H groups in total. The van der Waals surface area contributed by atoms with Gasteiger partial charge in [0.15, 0.2) is 23.3 Å². The number of nitriles is 1. The van der Waals surface area contributed by atoms with Crippen LogP contribution >= 0.6 is 0 Å². The van der Waals surface area contributed by atoms with Gasteiger partial charge in [-0.1, -0.05) is 0 Å². The van der Waals surface area contributed by atoms with E-state index < -0.39 is 51.1 Å². The van der Waals surface area contributed by atoms with Crippen LogP contribution in [-0.4, -0.2) is 13.1 Å². The lowest BCUT2D eigenvalue weighted by Crippen LogP contribution is -2.32. The number of hydrogen-bond acceptors (Lipinski definition) is 3. The number of ether oxygens (including phenoxy) is 1. The first-order chi connectivity index (χ1) is 10.3. The van der Waals surface area contributed by atoms with Crippen molar-refractivity contribution in [2.75, 3.05) is 7.11 Å². The molecule has 0 saturated heterocycles. The van der Waals surface area contributed by atoms with Crippen LogP contribution < -0.4 is 10.4 Å². The van der Waals surface area contributed by atoms with Crippen LogP contribution in [0.15, 0.2) is 0 Å². The second-order valence-electron chi connectivity index (χ2n) is 3.53. The molecule has 0 aliphatic carbocycles. The molecule has 0 heterocycles. The average molecular weight is 309 g/mol. The van der Waals surface area contributed by atoms with Crippen LogP contribution in [0.2, 0.25) is 0 Å². The van der Waals surface area contributed by atoms with E-state index in [0.29, 0.717) is 0 Å². The van der Waals surface area contributed by atoms with Gasteiger partial charge in [-0.25, -0.2) is 32.5 Å². The predicted molar refractivity (Wildman–Crippen MR) is 63.2 cm³/mol. The summed E-state index contributed by atoms with van der Waals surface area (Å²) < 4.78 is 59.5. The van der Waals surface area contributed by atoms with E-state index in [1.54, 1.807) is 0 Å². The van der Waals surface area contributed by atoms with Crippen molar-refractivity contribution in [1.29, 1.82) is 5.26 Å². The summed E-state index contributed by atoms with van der Waals surface area (Å²) in [5.41, 5.74) is -2.54. The summed E-state index contributed by atoms with van der Waals surface area (Å²) in [5.74, 6) is -9.80. The Bertz CT molecular complexity index is 866. The molecule has 9 heteroatoms. The quantitative estimate of drug-likeness (QED) is 0.336. The number of benzene rings is 1. The van der Waals surface area contributed by atoms with Crippen molar-refractivity contribution in [3.05, 3.63) is 56.5 Å². The Morgan fingerprint density at radius 3 is 1.82 bits per heavy atom. The summed E-state index contributed by atoms with van der Waals surface area (Å²) in [6.07, 6.45) is 0. The monoisotopic (exact) mass is 309 g/mol. The van der Waals surface area contributed by atoms with E-state index in [1.807, 2.05) is 0 Å². The number of methoxy groups -OCH3 is 1. The van der Waals surface area contributed by atoms with E-state index in [0.717, 1.165) is 13.2 Å². The van der Waals surface area contributed by atoms with E-state index in [9.17, 15) is 22.4 Å². The molecule has 0 aromatic heterocycles. The zero-order valence-corrected chi connectivity index (χ0v) is 10.7. The Kier molecular flexibility index (Phi) is 4.84. The summed E-state index contributed by atoms with van der Waals surface area (Å²) >= 11 is 0. The van der Waals surface area contributed by atoms with E-state index in [-0.39, 0.29) is 0 Å². The van der Waals surface area contributed by atoms with Gasteiger partial charge >= 0.3 is 5.97 Å². The molecule has 0 spiro atoms. The van der Waals surface area contributed by atoms with Gasteiger partial charge in [0.25, 0.3) is 11.4 Å². The molecule has 0 saturated carbocycles. The zero-order valence-electron chi connectivity index (χ0n) is 10.7. The van der Waals surface area contributed by atoms with Crippen LogP contribution in [0.3, 0.4) is 0 Å². The normalized spacial score (nSPS) is 9.18. The van der Waals surface area contributed by atoms with E-state index in [1.165, 1.54) is 0 Å². The zero-order chi connectivity index (χ0) is 17.0. The first-order valence-corrected chi connectivity index (χ1v) is 5.19. The summed E-state index contributed by atoms with van der Waals surface area (Å²) in [6.45, 7) is 13.2. The lowest BCUT2D eigenvalue weighted by atomic mass is 10.1. The summed E-state index contributed by atoms with van der Waals surface area (Å²) in [7, 11) is 0.797.